The predicted octanol–water partition coefficient (Wildman–Crippen LogP) is 1.39. The first-order valence-corrected chi connectivity index (χ1v) is 7.17. The minimum absolute atomic E-state index is 0.0614. The molecule has 100 valence electrons. The van der Waals surface area contributed by atoms with Gasteiger partial charge in [-0.25, -0.2) is 4.79 Å². The van der Waals surface area contributed by atoms with Gasteiger partial charge in [0.2, 0.25) is 5.91 Å². The fourth-order valence-corrected chi connectivity index (χ4v) is 2.83. The smallest absolute Gasteiger partial charge is 0.329 e. The summed E-state index contributed by atoms with van der Waals surface area (Å²) in [6.45, 7) is 1.87. The van der Waals surface area contributed by atoms with Gasteiger partial charge in [0.05, 0.1) is 17.6 Å². The van der Waals surface area contributed by atoms with Gasteiger partial charge in [-0.2, -0.15) is 5.26 Å². The van der Waals surface area contributed by atoms with Gasteiger partial charge in [-0.15, -0.1) is 11.8 Å². The number of carboxylic acid groups (broad SMARTS) is 1. The maximum atomic E-state index is 11.7. The van der Waals surface area contributed by atoms with Crippen molar-refractivity contribution in [3.05, 3.63) is 0 Å². The van der Waals surface area contributed by atoms with Gasteiger partial charge < -0.3 is 10.4 Å². The van der Waals surface area contributed by atoms with E-state index in [4.69, 9.17) is 5.26 Å². The maximum absolute atomic E-state index is 11.7. The molecule has 1 rings (SSSR count). The topological polar surface area (TPSA) is 90.2 Å². The van der Waals surface area contributed by atoms with Crippen LogP contribution < -0.4 is 5.32 Å². The van der Waals surface area contributed by atoms with E-state index >= 15 is 0 Å². The zero-order valence-electron chi connectivity index (χ0n) is 10.4. The van der Waals surface area contributed by atoms with Crippen molar-refractivity contribution in [3.63, 3.8) is 0 Å². The fourth-order valence-electron chi connectivity index (χ4n) is 2.38. The standard InChI is InChI=1S/C12H18N2O3S/c1-9-4-2-3-5-12(9,11(16)17)14-10(15)8-18-7-6-13/h9H,2-5,7-8H2,1H3,(H,14,15)(H,16,17). The Bertz CT molecular complexity index is 367. The predicted molar refractivity (Wildman–Crippen MR) is 69.1 cm³/mol. The first-order chi connectivity index (χ1) is 8.53. The molecule has 2 unspecified atom stereocenters. The van der Waals surface area contributed by atoms with Crippen molar-refractivity contribution in [3.8, 4) is 6.07 Å². The first kappa shape index (κ1) is 14.8. The Labute approximate surface area is 111 Å². The third-order valence-electron chi connectivity index (χ3n) is 3.44. The molecule has 0 aromatic heterocycles. The van der Waals surface area contributed by atoms with Crippen molar-refractivity contribution in [2.24, 2.45) is 5.92 Å². The number of carboxylic acids is 1. The Hall–Kier alpha value is -1.22. The van der Waals surface area contributed by atoms with E-state index in [2.05, 4.69) is 5.32 Å². The molecule has 1 saturated carbocycles. The highest BCUT2D eigenvalue weighted by molar-refractivity contribution is 8.00. The second kappa shape index (κ2) is 6.64. The summed E-state index contributed by atoms with van der Waals surface area (Å²) >= 11 is 1.20. The molecular weight excluding hydrogens is 252 g/mol. The van der Waals surface area contributed by atoms with Crippen LogP contribution in [-0.4, -0.2) is 34.0 Å². The van der Waals surface area contributed by atoms with Crippen LogP contribution in [0.4, 0.5) is 0 Å². The zero-order valence-corrected chi connectivity index (χ0v) is 11.3. The normalized spacial score (nSPS) is 27.2. The van der Waals surface area contributed by atoms with Crippen molar-refractivity contribution in [1.82, 2.24) is 5.32 Å². The Morgan fingerprint density at radius 3 is 2.83 bits per heavy atom. The number of nitrogens with zero attached hydrogens (tertiary/aromatic N) is 1. The summed E-state index contributed by atoms with van der Waals surface area (Å²) in [4.78, 5) is 23.2. The number of carbonyl (C=O) groups excluding carboxylic acids is 1. The van der Waals surface area contributed by atoms with Crippen LogP contribution in [0.2, 0.25) is 0 Å². The molecule has 0 aliphatic heterocycles. The van der Waals surface area contributed by atoms with Gasteiger partial charge in [0.15, 0.2) is 0 Å². The van der Waals surface area contributed by atoms with E-state index in [9.17, 15) is 14.7 Å². The van der Waals surface area contributed by atoms with Crippen molar-refractivity contribution in [2.45, 2.75) is 38.1 Å². The van der Waals surface area contributed by atoms with E-state index in [1.165, 1.54) is 11.8 Å². The van der Waals surface area contributed by atoms with Crippen molar-refractivity contribution in [1.29, 1.82) is 5.26 Å². The molecule has 0 aromatic carbocycles. The van der Waals surface area contributed by atoms with Crippen LogP contribution >= 0.6 is 11.8 Å². The second-order valence-electron chi connectivity index (χ2n) is 4.62. The lowest BCUT2D eigenvalue weighted by atomic mass is 9.73. The zero-order chi connectivity index (χ0) is 13.6. The van der Waals surface area contributed by atoms with E-state index in [0.29, 0.717) is 6.42 Å². The van der Waals surface area contributed by atoms with Crippen LogP contribution in [0.3, 0.4) is 0 Å². The van der Waals surface area contributed by atoms with Gasteiger partial charge >= 0.3 is 5.97 Å². The van der Waals surface area contributed by atoms with Gasteiger partial charge in [0.25, 0.3) is 0 Å². The molecule has 1 fully saturated rings. The molecule has 18 heavy (non-hydrogen) atoms. The molecule has 0 bridgehead atoms. The minimum atomic E-state index is -1.12. The van der Waals surface area contributed by atoms with Crippen LogP contribution in [0.5, 0.6) is 0 Å². The number of rotatable bonds is 5. The van der Waals surface area contributed by atoms with E-state index in [1.54, 1.807) is 0 Å². The van der Waals surface area contributed by atoms with Crippen LogP contribution in [-0.2, 0) is 9.59 Å². The molecule has 2 N–H and O–H groups in total. The Kier molecular flexibility index (Phi) is 5.48. The molecule has 6 heteroatoms. The van der Waals surface area contributed by atoms with Crippen LogP contribution in [0.15, 0.2) is 0 Å². The summed E-state index contributed by atoms with van der Waals surface area (Å²) in [5.74, 6) is -0.938. The third kappa shape index (κ3) is 3.39. The van der Waals surface area contributed by atoms with E-state index in [-0.39, 0.29) is 23.3 Å². The number of hydrogen-bond acceptors (Lipinski definition) is 4. The molecule has 5 nitrogen and oxygen atoms in total. The van der Waals surface area contributed by atoms with Gasteiger partial charge in [0, 0.05) is 0 Å². The lowest BCUT2D eigenvalue weighted by Gasteiger charge is -2.39. The van der Waals surface area contributed by atoms with Crippen molar-refractivity contribution in [2.75, 3.05) is 11.5 Å². The van der Waals surface area contributed by atoms with Crippen LogP contribution in [0.1, 0.15) is 32.6 Å². The average Bonchev–Trinajstić information content (AvgIpc) is 2.32. The fraction of sp³-hybridized carbons (Fsp3) is 0.750. The molecule has 2 atom stereocenters. The molecule has 0 aromatic rings. The monoisotopic (exact) mass is 270 g/mol. The summed E-state index contributed by atoms with van der Waals surface area (Å²) in [6.07, 6.45) is 3.13. The lowest BCUT2D eigenvalue weighted by Crippen LogP contribution is -2.60. The van der Waals surface area contributed by atoms with E-state index < -0.39 is 11.5 Å². The van der Waals surface area contributed by atoms with Crippen molar-refractivity contribution >= 4 is 23.6 Å². The highest BCUT2D eigenvalue weighted by Crippen LogP contribution is 2.34. The van der Waals surface area contributed by atoms with Gasteiger partial charge in [-0.05, 0) is 18.8 Å². The Morgan fingerprint density at radius 1 is 1.56 bits per heavy atom. The minimum Gasteiger partial charge on any atom is -0.479 e. The molecular formula is C12H18N2O3S. The van der Waals surface area contributed by atoms with Gasteiger partial charge in [0.1, 0.15) is 5.54 Å². The average molecular weight is 270 g/mol. The maximum Gasteiger partial charge on any atom is 0.329 e. The Morgan fingerprint density at radius 2 is 2.28 bits per heavy atom. The number of hydrogen-bond donors (Lipinski definition) is 2. The second-order valence-corrected chi connectivity index (χ2v) is 5.61. The molecule has 0 spiro atoms. The number of amides is 1. The Balaban J connectivity index is 2.65. The van der Waals surface area contributed by atoms with Crippen LogP contribution in [0.25, 0.3) is 0 Å². The molecule has 0 radical (unpaired) electrons. The quantitative estimate of drug-likeness (QED) is 0.737. The molecule has 1 amide bonds. The number of aliphatic carboxylic acids is 1. The van der Waals surface area contributed by atoms with E-state index in [1.807, 2.05) is 13.0 Å². The third-order valence-corrected chi connectivity index (χ3v) is 4.24. The lowest BCUT2D eigenvalue weighted by molar-refractivity contribution is -0.151. The number of thioether (sulfide) groups is 1. The molecule has 1 aliphatic rings. The number of carbonyl (C=O) groups is 2. The van der Waals surface area contributed by atoms with Crippen molar-refractivity contribution < 1.29 is 14.7 Å². The first-order valence-electron chi connectivity index (χ1n) is 6.02. The summed E-state index contributed by atoms with van der Waals surface area (Å²) < 4.78 is 0. The van der Waals surface area contributed by atoms with Crippen LogP contribution in [0, 0.1) is 17.2 Å². The molecule has 0 heterocycles. The number of nitriles is 1. The summed E-state index contributed by atoms with van der Waals surface area (Å²) in [5, 5.41) is 20.5. The highest BCUT2D eigenvalue weighted by atomic mass is 32.2. The summed E-state index contributed by atoms with van der Waals surface area (Å²) in [7, 11) is 0. The van der Waals surface area contributed by atoms with Gasteiger partial charge in [-0.1, -0.05) is 19.8 Å². The van der Waals surface area contributed by atoms with E-state index in [0.717, 1.165) is 19.3 Å². The molecule has 1 aliphatic carbocycles. The highest BCUT2D eigenvalue weighted by Gasteiger charge is 2.46. The number of nitrogens with one attached hydrogen (secondary N) is 1. The molecule has 0 saturated heterocycles. The SMILES string of the molecule is CC1CCCCC1(NC(=O)CSCC#N)C(=O)O. The largest absolute Gasteiger partial charge is 0.479 e. The van der Waals surface area contributed by atoms with Gasteiger partial charge in [-0.3, -0.25) is 4.79 Å². The summed E-state index contributed by atoms with van der Waals surface area (Å²) in [6, 6.07) is 1.93. The summed E-state index contributed by atoms with van der Waals surface area (Å²) in [5.41, 5.74) is -1.12.